The number of rotatable bonds is 5. The van der Waals surface area contributed by atoms with Crippen LogP contribution in [0.25, 0.3) is 11.0 Å². The van der Waals surface area contributed by atoms with Gasteiger partial charge in [0.25, 0.3) is 0 Å². The van der Waals surface area contributed by atoms with Gasteiger partial charge in [-0.2, -0.15) is 0 Å². The number of para-hydroxylation sites is 2. The van der Waals surface area contributed by atoms with E-state index in [1.54, 1.807) is 0 Å². The van der Waals surface area contributed by atoms with E-state index in [0.29, 0.717) is 6.04 Å². The molecule has 1 aliphatic rings. The van der Waals surface area contributed by atoms with E-state index >= 15 is 0 Å². The summed E-state index contributed by atoms with van der Waals surface area (Å²) in [5.74, 6) is 2.60. The molecule has 1 fully saturated rings. The summed E-state index contributed by atoms with van der Waals surface area (Å²) in [6.45, 7) is 6.45. The fourth-order valence-electron chi connectivity index (χ4n) is 4.16. The highest BCUT2D eigenvalue weighted by molar-refractivity contribution is 5.80. The predicted molar refractivity (Wildman–Crippen MR) is 112 cm³/mol. The fourth-order valence-corrected chi connectivity index (χ4v) is 4.16. The van der Waals surface area contributed by atoms with Gasteiger partial charge in [-0.15, -0.1) is 0 Å². The molecule has 0 aliphatic heterocycles. The molecule has 0 bridgehead atoms. The number of fused-ring (bicyclic) bond motifs is 1. The van der Waals surface area contributed by atoms with Crippen LogP contribution in [0, 0.1) is 5.92 Å². The SMILES string of the molecule is CC(C)Oc1ccc(Nc2nc3ccccc3n2[C@H]2CCC[C@@H](C)C2)cc1. The maximum atomic E-state index is 5.75. The Kier molecular flexibility index (Phi) is 5.06. The van der Waals surface area contributed by atoms with E-state index in [4.69, 9.17) is 9.72 Å². The molecule has 1 heterocycles. The Labute approximate surface area is 161 Å². The quantitative estimate of drug-likeness (QED) is 0.576. The number of benzene rings is 2. The third kappa shape index (κ3) is 3.95. The summed E-state index contributed by atoms with van der Waals surface area (Å²) in [7, 11) is 0. The molecule has 1 aliphatic carbocycles. The minimum atomic E-state index is 0.182. The Morgan fingerprint density at radius 3 is 2.59 bits per heavy atom. The zero-order valence-corrected chi connectivity index (χ0v) is 16.5. The first-order valence-electron chi connectivity index (χ1n) is 10.1. The molecule has 1 aromatic heterocycles. The largest absolute Gasteiger partial charge is 0.491 e. The Bertz CT molecular complexity index is 898. The number of imidazole rings is 1. The Morgan fingerprint density at radius 2 is 1.85 bits per heavy atom. The van der Waals surface area contributed by atoms with Crippen molar-refractivity contribution in [2.75, 3.05) is 5.32 Å². The van der Waals surface area contributed by atoms with E-state index in [2.05, 4.69) is 53.2 Å². The van der Waals surface area contributed by atoms with Crippen molar-refractivity contribution >= 4 is 22.7 Å². The molecule has 0 radical (unpaired) electrons. The summed E-state index contributed by atoms with van der Waals surface area (Å²) in [5, 5.41) is 3.55. The topological polar surface area (TPSA) is 39.1 Å². The van der Waals surface area contributed by atoms with Crippen molar-refractivity contribution in [3.8, 4) is 5.75 Å². The number of nitrogens with one attached hydrogen (secondary N) is 1. The minimum Gasteiger partial charge on any atom is -0.491 e. The first-order valence-corrected chi connectivity index (χ1v) is 10.1. The average molecular weight is 364 g/mol. The Morgan fingerprint density at radius 1 is 1.07 bits per heavy atom. The van der Waals surface area contributed by atoms with Crippen LogP contribution in [0.15, 0.2) is 48.5 Å². The van der Waals surface area contributed by atoms with Crippen LogP contribution in [-0.2, 0) is 0 Å². The smallest absolute Gasteiger partial charge is 0.208 e. The van der Waals surface area contributed by atoms with Crippen LogP contribution in [0.2, 0.25) is 0 Å². The molecule has 27 heavy (non-hydrogen) atoms. The first kappa shape index (κ1) is 17.9. The normalized spacial score (nSPS) is 20.1. The maximum Gasteiger partial charge on any atom is 0.208 e. The van der Waals surface area contributed by atoms with E-state index < -0.39 is 0 Å². The molecule has 4 heteroatoms. The van der Waals surface area contributed by atoms with E-state index in [-0.39, 0.29) is 6.10 Å². The minimum absolute atomic E-state index is 0.182. The van der Waals surface area contributed by atoms with Gasteiger partial charge in [0.15, 0.2) is 0 Å². The van der Waals surface area contributed by atoms with Crippen LogP contribution < -0.4 is 10.1 Å². The van der Waals surface area contributed by atoms with Gasteiger partial charge in [0.2, 0.25) is 5.95 Å². The van der Waals surface area contributed by atoms with Crippen molar-refractivity contribution in [1.29, 1.82) is 0 Å². The Hall–Kier alpha value is -2.49. The fraction of sp³-hybridized carbons (Fsp3) is 0.435. The van der Waals surface area contributed by atoms with E-state index in [1.807, 2.05) is 26.0 Å². The van der Waals surface area contributed by atoms with Crippen molar-refractivity contribution in [3.05, 3.63) is 48.5 Å². The van der Waals surface area contributed by atoms with Crippen molar-refractivity contribution in [1.82, 2.24) is 9.55 Å². The lowest BCUT2D eigenvalue weighted by atomic mass is 9.87. The number of aromatic nitrogens is 2. The molecule has 2 aromatic carbocycles. The van der Waals surface area contributed by atoms with Crippen LogP contribution in [0.5, 0.6) is 5.75 Å². The van der Waals surface area contributed by atoms with Gasteiger partial charge in [-0.25, -0.2) is 4.98 Å². The molecule has 1 N–H and O–H groups in total. The van der Waals surface area contributed by atoms with Crippen molar-refractivity contribution in [2.24, 2.45) is 5.92 Å². The van der Waals surface area contributed by atoms with Crippen molar-refractivity contribution in [2.45, 2.75) is 58.6 Å². The average Bonchev–Trinajstić information content (AvgIpc) is 3.01. The van der Waals surface area contributed by atoms with Gasteiger partial charge >= 0.3 is 0 Å². The standard InChI is InChI=1S/C23H29N3O/c1-16(2)27-20-13-11-18(12-14-20)24-23-25-21-9-4-5-10-22(21)26(23)19-8-6-7-17(3)15-19/h4-5,9-14,16-17,19H,6-8,15H2,1-3H3,(H,24,25)/t17-,19+/m1/s1. The number of nitrogens with zero attached hydrogens (tertiary/aromatic N) is 2. The summed E-state index contributed by atoms with van der Waals surface area (Å²) in [4.78, 5) is 4.90. The number of anilines is 2. The van der Waals surface area contributed by atoms with Crippen molar-refractivity contribution in [3.63, 3.8) is 0 Å². The molecule has 0 spiro atoms. The maximum absolute atomic E-state index is 5.75. The van der Waals surface area contributed by atoms with Gasteiger partial charge in [-0.05, 0) is 69.0 Å². The van der Waals surface area contributed by atoms with Gasteiger partial charge in [0, 0.05) is 11.7 Å². The van der Waals surface area contributed by atoms with Crippen LogP contribution >= 0.6 is 0 Å². The summed E-state index contributed by atoms with van der Waals surface area (Å²) in [6.07, 6.45) is 5.25. The first-order chi connectivity index (χ1) is 13.1. The lowest BCUT2D eigenvalue weighted by Crippen LogP contribution is -2.19. The lowest BCUT2D eigenvalue weighted by Gasteiger charge is -2.29. The number of ether oxygens (including phenoxy) is 1. The van der Waals surface area contributed by atoms with E-state index in [9.17, 15) is 0 Å². The highest BCUT2D eigenvalue weighted by Crippen LogP contribution is 2.37. The molecular weight excluding hydrogens is 334 g/mol. The van der Waals surface area contributed by atoms with Crippen LogP contribution in [0.3, 0.4) is 0 Å². The second-order valence-corrected chi connectivity index (χ2v) is 8.04. The molecule has 0 unspecified atom stereocenters. The van der Waals surface area contributed by atoms with Crippen molar-refractivity contribution < 1.29 is 4.74 Å². The molecule has 3 aromatic rings. The van der Waals surface area contributed by atoms with Gasteiger partial charge < -0.3 is 14.6 Å². The monoisotopic (exact) mass is 363 g/mol. The zero-order chi connectivity index (χ0) is 18.8. The highest BCUT2D eigenvalue weighted by Gasteiger charge is 2.24. The van der Waals surface area contributed by atoms with Gasteiger partial charge in [-0.1, -0.05) is 31.9 Å². The van der Waals surface area contributed by atoms with E-state index in [0.717, 1.165) is 28.8 Å². The molecule has 2 atom stereocenters. The second kappa shape index (κ2) is 7.63. The molecule has 142 valence electrons. The van der Waals surface area contributed by atoms with E-state index in [1.165, 1.54) is 31.2 Å². The zero-order valence-electron chi connectivity index (χ0n) is 16.5. The summed E-state index contributed by atoms with van der Waals surface area (Å²) in [6, 6.07) is 17.1. The molecule has 0 saturated heterocycles. The molecular formula is C23H29N3O. The number of hydrogen-bond acceptors (Lipinski definition) is 3. The Balaban J connectivity index is 1.65. The van der Waals surface area contributed by atoms with Crippen LogP contribution in [-0.4, -0.2) is 15.7 Å². The summed E-state index contributed by atoms with van der Waals surface area (Å²) in [5.41, 5.74) is 3.31. The highest BCUT2D eigenvalue weighted by atomic mass is 16.5. The lowest BCUT2D eigenvalue weighted by molar-refractivity contribution is 0.242. The van der Waals surface area contributed by atoms with Crippen LogP contribution in [0.4, 0.5) is 11.6 Å². The summed E-state index contributed by atoms with van der Waals surface area (Å²) >= 11 is 0. The molecule has 1 saturated carbocycles. The molecule has 4 rings (SSSR count). The van der Waals surface area contributed by atoms with Gasteiger partial charge in [0.05, 0.1) is 17.1 Å². The third-order valence-electron chi connectivity index (χ3n) is 5.35. The molecule has 0 amide bonds. The van der Waals surface area contributed by atoms with Gasteiger partial charge in [0.1, 0.15) is 5.75 Å². The number of hydrogen-bond donors (Lipinski definition) is 1. The van der Waals surface area contributed by atoms with Gasteiger partial charge in [-0.3, -0.25) is 0 Å². The third-order valence-corrected chi connectivity index (χ3v) is 5.35. The second-order valence-electron chi connectivity index (χ2n) is 8.04. The summed E-state index contributed by atoms with van der Waals surface area (Å²) < 4.78 is 8.17. The van der Waals surface area contributed by atoms with Crippen LogP contribution in [0.1, 0.15) is 52.5 Å². The molecule has 4 nitrogen and oxygen atoms in total. The predicted octanol–water partition coefficient (Wildman–Crippen LogP) is 6.32.